The van der Waals surface area contributed by atoms with Crippen molar-refractivity contribution in [2.24, 2.45) is 9.98 Å². The maximum Gasteiger partial charge on any atom is 0.264 e. The van der Waals surface area contributed by atoms with Crippen molar-refractivity contribution < 1.29 is 14.3 Å². The number of benzene rings is 1. The quantitative estimate of drug-likeness (QED) is 0.684. The van der Waals surface area contributed by atoms with Gasteiger partial charge in [0.25, 0.3) is 5.91 Å². The Balaban J connectivity index is 1.99. The van der Waals surface area contributed by atoms with Crippen LogP contribution in [-0.2, 0) is 11.2 Å². The number of carbonyl (C=O) groups is 1. The van der Waals surface area contributed by atoms with Crippen LogP contribution in [0.2, 0.25) is 0 Å². The molecule has 0 atom stereocenters. The third kappa shape index (κ3) is 4.55. The molecule has 1 N–H and O–H groups in total. The summed E-state index contributed by atoms with van der Waals surface area (Å²) in [7, 11) is 0. The fourth-order valence-electron chi connectivity index (χ4n) is 2.39. The number of guanidine groups is 1. The molecule has 0 fully saturated rings. The Morgan fingerprint density at radius 1 is 1.48 bits per heavy atom. The number of nitrogens with one attached hydrogen (secondary N) is 1. The molecule has 1 aromatic rings. The van der Waals surface area contributed by atoms with Crippen LogP contribution in [0, 0.1) is 0 Å². The molecule has 1 heterocycles. The summed E-state index contributed by atoms with van der Waals surface area (Å²) in [5.74, 6) is 1.28. The molecule has 23 heavy (non-hydrogen) atoms. The molecule has 1 aliphatic rings. The molecule has 1 amide bonds. The maximum absolute atomic E-state index is 12.0. The molecular weight excluding hydrogens is 294 g/mol. The van der Waals surface area contributed by atoms with Crippen molar-refractivity contribution in [1.82, 2.24) is 5.32 Å². The first kappa shape index (κ1) is 17.0. The summed E-state index contributed by atoms with van der Waals surface area (Å²) in [6, 6.07) is 5.72. The van der Waals surface area contributed by atoms with Crippen molar-refractivity contribution in [2.75, 3.05) is 13.2 Å². The molecule has 0 spiro atoms. The molecule has 124 valence electrons. The second kappa shape index (κ2) is 7.26. The number of para-hydroxylation sites is 1. The van der Waals surface area contributed by atoms with E-state index < -0.39 is 0 Å². The second-order valence-corrected chi connectivity index (χ2v) is 5.81. The molecular formula is C17H23N3O3. The molecule has 0 unspecified atom stereocenters. The van der Waals surface area contributed by atoms with Gasteiger partial charge in [-0.15, -0.1) is 0 Å². The van der Waals surface area contributed by atoms with Crippen LogP contribution in [0.25, 0.3) is 0 Å². The molecule has 6 heteroatoms. The molecule has 0 bridgehead atoms. The molecule has 0 aromatic heterocycles. The van der Waals surface area contributed by atoms with E-state index in [0.717, 1.165) is 17.7 Å². The Bertz CT molecular complexity index is 636. The summed E-state index contributed by atoms with van der Waals surface area (Å²) in [5, 5.41) is 2.62. The van der Waals surface area contributed by atoms with Gasteiger partial charge in [-0.1, -0.05) is 12.1 Å². The Morgan fingerprint density at radius 2 is 2.26 bits per heavy atom. The number of carbonyl (C=O) groups excluding carboxylic acids is 1. The van der Waals surface area contributed by atoms with E-state index in [9.17, 15) is 4.79 Å². The van der Waals surface area contributed by atoms with Gasteiger partial charge >= 0.3 is 0 Å². The average molecular weight is 317 g/mol. The summed E-state index contributed by atoms with van der Waals surface area (Å²) in [6.07, 6.45) is 2.40. The topological polar surface area (TPSA) is 72.3 Å². The summed E-state index contributed by atoms with van der Waals surface area (Å²) in [6.45, 7) is 8.12. The predicted molar refractivity (Wildman–Crippen MR) is 90.6 cm³/mol. The summed E-state index contributed by atoms with van der Waals surface area (Å²) < 4.78 is 11.5. The third-order valence-corrected chi connectivity index (χ3v) is 3.22. The van der Waals surface area contributed by atoms with Crippen LogP contribution in [0.5, 0.6) is 11.5 Å². The summed E-state index contributed by atoms with van der Waals surface area (Å²) in [5.41, 5.74) is 0.845. The van der Waals surface area contributed by atoms with E-state index in [-0.39, 0.29) is 18.1 Å². The smallest absolute Gasteiger partial charge is 0.264 e. The average Bonchev–Trinajstić information content (AvgIpc) is 2.80. The van der Waals surface area contributed by atoms with Crippen LogP contribution in [0.3, 0.4) is 0 Å². The lowest BCUT2D eigenvalue weighted by molar-refractivity contribution is -0.121. The van der Waals surface area contributed by atoms with Crippen molar-refractivity contribution in [3.8, 4) is 11.5 Å². The highest BCUT2D eigenvalue weighted by Crippen LogP contribution is 2.41. The van der Waals surface area contributed by atoms with Gasteiger partial charge in [0.15, 0.2) is 18.1 Å². The molecule has 1 aromatic carbocycles. The van der Waals surface area contributed by atoms with Gasteiger partial charge in [0, 0.05) is 24.7 Å². The van der Waals surface area contributed by atoms with Crippen LogP contribution in [-0.4, -0.2) is 36.8 Å². The first-order chi connectivity index (χ1) is 10.9. The molecule has 0 saturated carbocycles. The number of ether oxygens (including phenoxy) is 2. The van der Waals surface area contributed by atoms with Crippen molar-refractivity contribution in [3.63, 3.8) is 0 Å². The van der Waals surface area contributed by atoms with Gasteiger partial charge in [0.05, 0.1) is 0 Å². The monoisotopic (exact) mass is 317 g/mol. The van der Waals surface area contributed by atoms with Gasteiger partial charge < -0.3 is 9.47 Å². The standard InChI is InChI=1S/C17H23N3O3/c1-5-18-16(19-6-2)20-14(21)11-22-13-9-7-8-12-10-17(3,4)23-15(12)13/h5,7-9H,6,10-11H2,1-4H3,(H,19,20,21)/b18-5-. The minimum Gasteiger partial charge on any atom is -0.483 e. The van der Waals surface area contributed by atoms with E-state index in [2.05, 4.69) is 15.3 Å². The minimum absolute atomic E-state index is 0.123. The number of amides is 1. The largest absolute Gasteiger partial charge is 0.483 e. The van der Waals surface area contributed by atoms with Crippen molar-refractivity contribution in [1.29, 1.82) is 0 Å². The summed E-state index contributed by atoms with van der Waals surface area (Å²) in [4.78, 5) is 20.1. The summed E-state index contributed by atoms with van der Waals surface area (Å²) >= 11 is 0. The van der Waals surface area contributed by atoms with Crippen molar-refractivity contribution in [3.05, 3.63) is 23.8 Å². The van der Waals surface area contributed by atoms with Gasteiger partial charge in [-0.05, 0) is 33.8 Å². The number of fused-ring (bicyclic) bond motifs is 1. The van der Waals surface area contributed by atoms with E-state index >= 15 is 0 Å². The maximum atomic E-state index is 12.0. The number of aliphatic imine (C=N–C) groups is 2. The van der Waals surface area contributed by atoms with Gasteiger partial charge in [0.1, 0.15) is 5.60 Å². The van der Waals surface area contributed by atoms with Crippen LogP contribution in [0.1, 0.15) is 33.3 Å². The normalized spacial score (nSPS) is 16.1. The number of hydrogen-bond donors (Lipinski definition) is 1. The molecule has 1 aliphatic heterocycles. The van der Waals surface area contributed by atoms with E-state index in [1.807, 2.05) is 32.9 Å². The van der Waals surface area contributed by atoms with Crippen molar-refractivity contribution >= 4 is 18.1 Å². The fourth-order valence-corrected chi connectivity index (χ4v) is 2.39. The third-order valence-electron chi connectivity index (χ3n) is 3.22. The molecule has 0 aliphatic carbocycles. The SMILES string of the molecule is C/C=N\C(=NCC)NC(=O)COc1cccc2c1OC(C)(C)C2. The number of rotatable bonds is 4. The first-order valence-corrected chi connectivity index (χ1v) is 7.72. The van der Waals surface area contributed by atoms with Gasteiger partial charge in [-0.2, -0.15) is 0 Å². The zero-order chi connectivity index (χ0) is 16.9. The zero-order valence-corrected chi connectivity index (χ0v) is 14.0. The Morgan fingerprint density at radius 3 is 2.96 bits per heavy atom. The van der Waals surface area contributed by atoms with E-state index in [1.54, 1.807) is 19.2 Å². The van der Waals surface area contributed by atoms with Crippen molar-refractivity contribution in [2.45, 2.75) is 39.7 Å². The van der Waals surface area contributed by atoms with Crippen LogP contribution < -0.4 is 14.8 Å². The van der Waals surface area contributed by atoms with Crippen LogP contribution >= 0.6 is 0 Å². The van der Waals surface area contributed by atoms with E-state index in [1.165, 1.54) is 0 Å². The fraction of sp³-hybridized carbons (Fsp3) is 0.471. The molecule has 2 rings (SSSR count). The lowest BCUT2D eigenvalue weighted by atomic mass is 10.0. The molecule has 6 nitrogen and oxygen atoms in total. The Kier molecular flexibility index (Phi) is 5.36. The second-order valence-electron chi connectivity index (χ2n) is 5.81. The number of nitrogens with zero attached hydrogens (tertiary/aromatic N) is 2. The van der Waals surface area contributed by atoms with Gasteiger partial charge in [-0.3, -0.25) is 15.1 Å². The van der Waals surface area contributed by atoms with Crippen LogP contribution in [0.4, 0.5) is 0 Å². The lowest BCUT2D eigenvalue weighted by Gasteiger charge is -2.18. The first-order valence-electron chi connectivity index (χ1n) is 7.72. The highest BCUT2D eigenvalue weighted by Gasteiger charge is 2.32. The van der Waals surface area contributed by atoms with E-state index in [4.69, 9.17) is 9.47 Å². The minimum atomic E-state index is -0.308. The molecule has 0 radical (unpaired) electrons. The molecule has 0 saturated heterocycles. The Labute approximate surface area is 136 Å². The zero-order valence-electron chi connectivity index (χ0n) is 14.0. The Hall–Kier alpha value is -2.37. The number of hydrogen-bond acceptors (Lipinski definition) is 4. The van der Waals surface area contributed by atoms with E-state index in [0.29, 0.717) is 18.3 Å². The highest BCUT2D eigenvalue weighted by molar-refractivity contribution is 6.00. The van der Waals surface area contributed by atoms with Gasteiger partial charge in [-0.25, -0.2) is 4.99 Å². The predicted octanol–water partition coefficient (Wildman–Crippen LogP) is 2.36. The lowest BCUT2D eigenvalue weighted by Crippen LogP contribution is -2.33. The highest BCUT2D eigenvalue weighted by atomic mass is 16.5. The van der Waals surface area contributed by atoms with Crippen LogP contribution in [0.15, 0.2) is 28.2 Å². The van der Waals surface area contributed by atoms with Gasteiger partial charge in [0.2, 0.25) is 5.96 Å².